The van der Waals surface area contributed by atoms with Crippen LogP contribution in [0.3, 0.4) is 0 Å². The van der Waals surface area contributed by atoms with Crippen LogP contribution in [0.25, 0.3) is 0 Å². The van der Waals surface area contributed by atoms with Crippen LogP contribution >= 0.6 is 23.2 Å². The van der Waals surface area contributed by atoms with Crippen LogP contribution in [0.1, 0.15) is 22.6 Å². The number of benzene rings is 1. The Morgan fingerprint density at radius 1 is 1.17 bits per heavy atom. The van der Waals surface area contributed by atoms with Gasteiger partial charge in [-0.25, -0.2) is 9.97 Å². The summed E-state index contributed by atoms with van der Waals surface area (Å²) in [6.45, 7) is 1.69. The monoisotopic (exact) mass is 279 g/mol. The van der Waals surface area contributed by atoms with Gasteiger partial charge in [-0.1, -0.05) is 29.3 Å². The molecule has 0 saturated carbocycles. The van der Waals surface area contributed by atoms with Crippen molar-refractivity contribution < 1.29 is 0 Å². The minimum Gasteiger partial charge on any atom is -0.307 e. The van der Waals surface area contributed by atoms with E-state index in [1.54, 1.807) is 6.07 Å². The van der Waals surface area contributed by atoms with Crippen LogP contribution in [0.5, 0.6) is 0 Å². The molecule has 1 aromatic carbocycles. The minimum absolute atomic E-state index is 0.567. The zero-order chi connectivity index (χ0) is 12.5. The van der Waals surface area contributed by atoms with E-state index in [0.717, 1.165) is 30.2 Å². The molecule has 0 atom stereocenters. The van der Waals surface area contributed by atoms with Gasteiger partial charge in [0, 0.05) is 31.3 Å². The Bertz CT molecular complexity index is 599. The lowest BCUT2D eigenvalue weighted by Gasteiger charge is -2.04. The second-order valence-electron chi connectivity index (χ2n) is 4.29. The summed E-state index contributed by atoms with van der Waals surface area (Å²) in [6, 6.07) is 5.61. The SMILES string of the molecule is Clc1ccc(Cc2ncc3c(n2)CNC3)cc1Cl. The van der Waals surface area contributed by atoms with Crippen molar-refractivity contribution in [3.63, 3.8) is 0 Å². The van der Waals surface area contributed by atoms with Crippen molar-refractivity contribution >= 4 is 23.2 Å². The van der Waals surface area contributed by atoms with Crippen LogP contribution in [-0.2, 0) is 19.5 Å². The molecule has 0 amide bonds. The Morgan fingerprint density at radius 3 is 2.89 bits per heavy atom. The standard InChI is InChI=1S/C13H11Cl2N3/c14-10-2-1-8(3-11(10)15)4-13-17-6-9-5-16-7-12(9)18-13/h1-3,6,16H,4-5,7H2. The highest BCUT2D eigenvalue weighted by molar-refractivity contribution is 6.42. The smallest absolute Gasteiger partial charge is 0.132 e. The Morgan fingerprint density at radius 2 is 2.06 bits per heavy atom. The number of aromatic nitrogens is 2. The fourth-order valence-corrected chi connectivity index (χ4v) is 2.34. The van der Waals surface area contributed by atoms with Gasteiger partial charge in [-0.05, 0) is 17.7 Å². The van der Waals surface area contributed by atoms with E-state index in [1.165, 1.54) is 5.56 Å². The third-order valence-corrected chi connectivity index (χ3v) is 3.70. The molecule has 3 rings (SSSR count). The maximum absolute atomic E-state index is 5.99. The van der Waals surface area contributed by atoms with Gasteiger partial charge in [-0.3, -0.25) is 0 Å². The number of nitrogens with zero attached hydrogens (tertiary/aromatic N) is 2. The Labute approximate surface area is 115 Å². The fourth-order valence-electron chi connectivity index (χ4n) is 2.02. The molecule has 1 N–H and O–H groups in total. The van der Waals surface area contributed by atoms with Crippen molar-refractivity contribution in [2.75, 3.05) is 0 Å². The van der Waals surface area contributed by atoms with E-state index in [0.29, 0.717) is 16.5 Å². The van der Waals surface area contributed by atoms with E-state index in [9.17, 15) is 0 Å². The van der Waals surface area contributed by atoms with E-state index in [4.69, 9.17) is 23.2 Å². The third-order valence-electron chi connectivity index (χ3n) is 2.96. The fraction of sp³-hybridized carbons (Fsp3) is 0.231. The summed E-state index contributed by atoms with van der Waals surface area (Å²) < 4.78 is 0. The molecule has 0 radical (unpaired) electrons. The average molecular weight is 280 g/mol. The van der Waals surface area contributed by atoms with Crippen molar-refractivity contribution in [2.45, 2.75) is 19.5 Å². The predicted molar refractivity (Wildman–Crippen MR) is 71.8 cm³/mol. The molecule has 5 heteroatoms. The van der Waals surface area contributed by atoms with Crippen molar-refractivity contribution in [3.8, 4) is 0 Å². The van der Waals surface area contributed by atoms with Crippen molar-refractivity contribution in [1.29, 1.82) is 0 Å². The molecule has 0 unspecified atom stereocenters. The van der Waals surface area contributed by atoms with Gasteiger partial charge >= 0.3 is 0 Å². The quantitative estimate of drug-likeness (QED) is 0.919. The van der Waals surface area contributed by atoms with E-state index in [-0.39, 0.29) is 0 Å². The normalized spacial score (nSPS) is 13.7. The lowest BCUT2D eigenvalue weighted by Crippen LogP contribution is -2.02. The van der Waals surface area contributed by atoms with Crippen molar-refractivity contribution in [2.24, 2.45) is 0 Å². The lowest BCUT2D eigenvalue weighted by molar-refractivity contribution is 0.756. The van der Waals surface area contributed by atoms with E-state index >= 15 is 0 Å². The summed E-state index contributed by atoms with van der Waals surface area (Å²) in [6.07, 6.45) is 2.57. The zero-order valence-electron chi connectivity index (χ0n) is 9.58. The molecule has 1 aliphatic rings. The van der Waals surface area contributed by atoms with Gasteiger partial charge in [-0.2, -0.15) is 0 Å². The van der Waals surface area contributed by atoms with Crippen molar-refractivity contribution in [3.05, 3.63) is 57.1 Å². The Balaban J connectivity index is 1.85. The number of rotatable bonds is 2. The molecular formula is C13H11Cl2N3. The number of hydrogen-bond donors (Lipinski definition) is 1. The molecule has 3 nitrogen and oxygen atoms in total. The highest BCUT2D eigenvalue weighted by Gasteiger charge is 2.13. The van der Waals surface area contributed by atoms with E-state index in [1.807, 2.05) is 18.3 Å². The van der Waals surface area contributed by atoms with Gasteiger partial charge in [0.2, 0.25) is 0 Å². The van der Waals surface area contributed by atoms with Crippen LogP contribution < -0.4 is 5.32 Å². The first-order valence-corrected chi connectivity index (χ1v) is 6.46. The molecule has 92 valence electrons. The molecule has 0 bridgehead atoms. The summed E-state index contributed by atoms with van der Waals surface area (Å²) in [4.78, 5) is 8.92. The second kappa shape index (κ2) is 4.84. The van der Waals surface area contributed by atoms with Gasteiger partial charge in [0.05, 0.1) is 15.7 Å². The van der Waals surface area contributed by atoms with Gasteiger partial charge in [0.15, 0.2) is 0 Å². The number of fused-ring (bicyclic) bond motifs is 1. The summed E-state index contributed by atoms with van der Waals surface area (Å²) in [5.41, 5.74) is 3.35. The molecule has 2 aromatic rings. The van der Waals surface area contributed by atoms with Crippen LogP contribution in [0.4, 0.5) is 0 Å². The molecule has 2 heterocycles. The topological polar surface area (TPSA) is 37.8 Å². The first-order chi connectivity index (χ1) is 8.72. The Hall–Kier alpha value is -1.16. The largest absolute Gasteiger partial charge is 0.307 e. The summed E-state index contributed by atoms with van der Waals surface area (Å²) in [5, 5.41) is 4.39. The van der Waals surface area contributed by atoms with E-state index < -0.39 is 0 Å². The molecule has 1 aromatic heterocycles. The maximum Gasteiger partial charge on any atom is 0.132 e. The second-order valence-corrected chi connectivity index (χ2v) is 5.10. The highest BCUT2D eigenvalue weighted by Crippen LogP contribution is 2.23. The highest BCUT2D eigenvalue weighted by atomic mass is 35.5. The molecule has 0 spiro atoms. The first-order valence-electron chi connectivity index (χ1n) is 5.71. The number of hydrogen-bond acceptors (Lipinski definition) is 3. The van der Waals surface area contributed by atoms with Crippen LogP contribution in [0, 0.1) is 0 Å². The summed E-state index contributed by atoms with van der Waals surface area (Å²) >= 11 is 11.9. The maximum atomic E-state index is 5.99. The first kappa shape index (κ1) is 11.9. The molecule has 18 heavy (non-hydrogen) atoms. The average Bonchev–Trinajstić information content (AvgIpc) is 2.81. The number of halogens is 2. The molecule has 0 fully saturated rings. The Kier molecular flexibility index (Phi) is 3.20. The predicted octanol–water partition coefficient (Wildman–Crippen LogP) is 2.98. The summed E-state index contributed by atoms with van der Waals surface area (Å²) in [5.74, 6) is 0.816. The number of nitrogens with one attached hydrogen (secondary N) is 1. The molecule has 0 aliphatic carbocycles. The van der Waals surface area contributed by atoms with E-state index in [2.05, 4.69) is 15.3 Å². The van der Waals surface area contributed by atoms with Crippen LogP contribution in [-0.4, -0.2) is 9.97 Å². The molecular weight excluding hydrogens is 269 g/mol. The van der Waals surface area contributed by atoms with Crippen LogP contribution in [0.2, 0.25) is 10.0 Å². The molecule has 1 aliphatic heterocycles. The molecule has 0 saturated heterocycles. The van der Waals surface area contributed by atoms with Gasteiger partial charge in [-0.15, -0.1) is 0 Å². The van der Waals surface area contributed by atoms with Crippen LogP contribution in [0.15, 0.2) is 24.4 Å². The lowest BCUT2D eigenvalue weighted by atomic mass is 10.1. The van der Waals surface area contributed by atoms with Crippen molar-refractivity contribution in [1.82, 2.24) is 15.3 Å². The van der Waals surface area contributed by atoms with Gasteiger partial charge in [0.1, 0.15) is 5.82 Å². The van der Waals surface area contributed by atoms with Gasteiger partial charge in [0.25, 0.3) is 0 Å². The third kappa shape index (κ3) is 2.34. The zero-order valence-corrected chi connectivity index (χ0v) is 11.1. The minimum atomic E-state index is 0.567. The van der Waals surface area contributed by atoms with Gasteiger partial charge < -0.3 is 5.32 Å². The summed E-state index contributed by atoms with van der Waals surface area (Å²) in [7, 11) is 0.